The normalized spacial score (nSPS) is 36.0. The highest BCUT2D eigenvalue weighted by atomic mass is 32.2. The van der Waals surface area contributed by atoms with Gasteiger partial charge in [-0.1, -0.05) is 34.1 Å². The zero-order chi connectivity index (χ0) is 25.2. The third-order valence-electron chi connectivity index (χ3n) is 7.41. The molecule has 2 aliphatic rings. The number of aliphatic hydroxyl groups is 2. The van der Waals surface area contributed by atoms with Gasteiger partial charge in [0.2, 0.25) is 0 Å². The highest BCUT2D eigenvalue weighted by Gasteiger charge is 2.44. The molecule has 0 spiro atoms. The summed E-state index contributed by atoms with van der Waals surface area (Å²) in [7, 11) is 0. The van der Waals surface area contributed by atoms with E-state index in [1.165, 1.54) is 0 Å². The van der Waals surface area contributed by atoms with Crippen LogP contribution in [0.4, 0.5) is 0 Å². The van der Waals surface area contributed by atoms with Crippen molar-refractivity contribution in [2.75, 3.05) is 0 Å². The van der Waals surface area contributed by atoms with Crippen molar-refractivity contribution in [2.45, 2.75) is 102 Å². The molecule has 3 rings (SSSR count). The monoisotopic (exact) mass is 509 g/mol. The van der Waals surface area contributed by atoms with Crippen LogP contribution in [0.3, 0.4) is 0 Å². The van der Waals surface area contributed by atoms with E-state index >= 15 is 0 Å². The molecule has 190 valence electrons. The summed E-state index contributed by atoms with van der Waals surface area (Å²) >= 11 is 3.49. The smallest absolute Gasteiger partial charge is 0.309 e. The molecule has 0 radical (unpaired) electrons. The van der Waals surface area contributed by atoms with Crippen molar-refractivity contribution in [3.8, 4) is 0 Å². The first kappa shape index (κ1) is 27.4. The van der Waals surface area contributed by atoms with E-state index in [-0.39, 0.29) is 18.1 Å². The molecule has 2 N–H and O–H groups in total. The fraction of sp³-hybridized carbons (Fsp3) is 0.731. The van der Waals surface area contributed by atoms with Crippen LogP contribution in [0.15, 0.2) is 11.0 Å². The Morgan fingerprint density at radius 1 is 1.21 bits per heavy atom. The predicted molar refractivity (Wildman–Crippen MR) is 138 cm³/mol. The quantitative estimate of drug-likeness (QED) is 0.436. The summed E-state index contributed by atoms with van der Waals surface area (Å²) in [6.07, 6.45) is 2.95. The minimum atomic E-state index is -1.19. The summed E-state index contributed by atoms with van der Waals surface area (Å²) < 4.78 is 5.89. The number of Topliss-reactive ketones (excluding diaryl/α,β-unsaturated/α-hetero) is 1. The van der Waals surface area contributed by atoms with Crippen molar-refractivity contribution in [1.29, 1.82) is 0 Å². The molecule has 0 amide bonds. The molecule has 7 atom stereocenters. The fourth-order valence-corrected chi connectivity index (χ4v) is 6.55. The molecule has 2 saturated heterocycles. The van der Waals surface area contributed by atoms with Gasteiger partial charge in [0.15, 0.2) is 0 Å². The lowest BCUT2D eigenvalue weighted by atomic mass is 9.73. The Balaban J connectivity index is 1.81. The van der Waals surface area contributed by atoms with Gasteiger partial charge in [-0.05, 0) is 44.3 Å². The number of aryl methyl sites for hydroxylation is 1. The Labute approximate surface area is 211 Å². The third-order valence-corrected chi connectivity index (χ3v) is 9.67. The van der Waals surface area contributed by atoms with E-state index in [0.29, 0.717) is 10.5 Å². The lowest BCUT2D eigenvalue weighted by molar-refractivity contribution is -0.154. The van der Waals surface area contributed by atoms with Crippen LogP contribution in [0, 0.1) is 24.2 Å². The number of rotatable bonds is 2. The van der Waals surface area contributed by atoms with Crippen molar-refractivity contribution in [1.82, 2.24) is 4.98 Å². The Kier molecular flexibility index (Phi) is 9.04. The summed E-state index contributed by atoms with van der Waals surface area (Å²) in [5, 5.41) is 25.5. The number of hydrogen-bond acceptors (Lipinski definition) is 8. The molecule has 34 heavy (non-hydrogen) atoms. The van der Waals surface area contributed by atoms with Gasteiger partial charge in [-0.25, -0.2) is 4.98 Å². The first-order valence-electron chi connectivity index (χ1n) is 12.3. The number of thiazole rings is 1. The van der Waals surface area contributed by atoms with Gasteiger partial charge in [0, 0.05) is 28.2 Å². The van der Waals surface area contributed by atoms with Crippen LogP contribution in [0.25, 0.3) is 6.08 Å². The average molecular weight is 510 g/mol. The molecule has 3 heterocycles. The number of nitrogens with zero attached hydrogens (tertiary/aromatic N) is 1. The molecule has 2 unspecified atom stereocenters. The van der Waals surface area contributed by atoms with Crippen LogP contribution >= 0.6 is 23.1 Å². The molecule has 0 aliphatic carbocycles. The number of aromatic nitrogens is 1. The standard InChI is InChI=1S/C26H39NO5S2/c1-14-8-7-9-20-21(34-20)11-19(15(2)10-18-13-33-17(4)27-18)32-23(29)12-22(28)26(5,6)25(31)16(3)24(14)30/h10,13-14,16,19-22,24,28,30H,7-9,11-12H2,1-6H3/b15-10+/t14?,16-,19+,20?,21+,22+,24+/m1/s1. The number of aliphatic hydroxyl groups excluding tert-OH is 2. The number of ketones is 1. The maximum Gasteiger partial charge on any atom is 0.309 e. The number of carbonyl (C=O) groups is 2. The molecule has 2 aliphatic heterocycles. The molecule has 8 heteroatoms. The second-order valence-corrected chi connectivity index (χ2v) is 13.1. The molecule has 0 bridgehead atoms. The Hall–Kier alpha value is -1.22. The van der Waals surface area contributed by atoms with E-state index in [9.17, 15) is 19.8 Å². The summed E-state index contributed by atoms with van der Waals surface area (Å²) in [6, 6.07) is 0. The predicted octanol–water partition coefficient (Wildman–Crippen LogP) is 4.80. The Morgan fingerprint density at radius 3 is 2.56 bits per heavy atom. The number of hydrogen-bond donors (Lipinski definition) is 2. The maximum absolute atomic E-state index is 13.2. The Bertz CT molecular complexity index is 911. The number of fused-ring (bicyclic) bond motifs is 1. The van der Waals surface area contributed by atoms with Crippen LogP contribution in [0.5, 0.6) is 0 Å². The first-order valence-corrected chi connectivity index (χ1v) is 14.1. The van der Waals surface area contributed by atoms with E-state index in [1.807, 2.05) is 44.0 Å². The number of cyclic esters (lactones) is 1. The third kappa shape index (κ3) is 6.71. The van der Waals surface area contributed by atoms with E-state index in [1.54, 1.807) is 32.1 Å². The van der Waals surface area contributed by atoms with Gasteiger partial charge in [-0.15, -0.1) is 11.3 Å². The zero-order valence-electron chi connectivity index (χ0n) is 21.1. The van der Waals surface area contributed by atoms with Crippen molar-refractivity contribution in [2.24, 2.45) is 17.3 Å². The van der Waals surface area contributed by atoms with Crippen LogP contribution in [0.1, 0.15) is 77.4 Å². The van der Waals surface area contributed by atoms with Gasteiger partial charge in [0.25, 0.3) is 0 Å². The SMILES string of the molecule is C/C(=C\c1csc(C)n1)[C@@H]1C[C@@H]2SC2CCCC(C)[C@H](O)[C@@H](C)C(=O)C(C)(C)[C@@H](O)CC(=O)O1. The van der Waals surface area contributed by atoms with Gasteiger partial charge < -0.3 is 14.9 Å². The molecule has 0 saturated carbocycles. The summed E-state index contributed by atoms with van der Waals surface area (Å²) in [5.41, 5.74) is 0.615. The summed E-state index contributed by atoms with van der Waals surface area (Å²) in [5.74, 6) is -1.38. The van der Waals surface area contributed by atoms with Gasteiger partial charge >= 0.3 is 5.97 Å². The summed E-state index contributed by atoms with van der Waals surface area (Å²) in [6.45, 7) is 10.9. The van der Waals surface area contributed by atoms with Gasteiger partial charge in [-0.3, -0.25) is 9.59 Å². The van der Waals surface area contributed by atoms with Crippen molar-refractivity contribution in [3.05, 3.63) is 21.7 Å². The maximum atomic E-state index is 13.2. The molecule has 6 nitrogen and oxygen atoms in total. The topological polar surface area (TPSA) is 96.7 Å². The fourth-order valence-electron chi connectivity index (χ4n) is 4.78. The second-order valence-electron chi connectivity index (χ2n) is 10.6. The number of carbonyl (C=O) groups excluding carboxylic acids is 2. The van der Waals surface area contributed by atoms with Gasteiger partial charge in [0.1, 0.15) is 11.9 Å². The zero-order valence-corrected chi connectivity index (χ0v) is 22.7. The van der Waals surface area contributed by atoms with Crippen molar-refractivity contribution < 1.29 is 24.5 Å². The molecule has 1 aromatic rings. The first-order chi connectivity index (χ1) is 15.9. The lowest BCUT2D eigenvalue weighted by Gasteiger charge is -2.34. The molecule has 0 aromatic carbocycles. The van der Waals surface area contributed by atoms with E-state index in [0.717, 1.165) is 42.0 Å². The molecular weight excluding hydrogens is 470 g/mol. The van der Waals surface area contributed by atoms with Crippen LogP contribution < -0.4 is 0 Å². The highest BCUT2D eigenvalue weighted by Crippen LogP contribution is 2.48. The van der Waals surface area contributed by atoms with Crippen LogP contribution in [-0.4, -0.2) is 55.8 Å². The van der Waals surface area contributed by atoms with E-state index < -0.39 is 35.6 Å². The largest absolute Gasteiger partial charge is 0.458 e. The lowest BCUT2D eigenvalue weighted by Crippen LogP contribution is -2.45. The number of esters is 1. The van der Waals surface area contributed by atoms with E-state index in [4.69, 9.17) is 4.74 Å². The van der Waals surface area contributed by atoms with Crippen molar-refractivity contribution >= 4 is 40.9 Å². The highest BCUT2D eigenvalue weighted by molar-refractivity contribution is 8.07. The van der Waals surface area contributed by atoms with Gasteiger partial charge in [-0.2, -0.15) is 11.8 Å². The second kappa shape index (κ2) is 11.2. The van der Waals surface area contributed by atoms with Gasteiger partial charge in [0.05, 0.1) is 34.7 Å². The average Bonchev–Trinajstić information content (AvgIpc) is 3.38. The summed E-state index contributed by atoms with van der Waals surface area (Å²) in [4.78, 5) is 30.6. The van der Waals surface area contributed by atoms with Crippen LogP contribution in [-0.2, 0) is 14.3 Å². The molecular formula is C26H39NO5S2. The minimum absolute atomic E-state index is 0.00791. The Morgan fingerprint density at radius 2 is 1.91 bits per heavy atom. The minimum Gasteiger partial charge on any atom is -0.458 e. The number of ether oxygens (including phenoxy) is 1. The molecule has 2 fully saturated rings. The van der Waals surface area contributed by atoms with E-state index in [2.05, 4.69) is 4.98 Å². The van der Waals surface area contributed by atoms with Crippen molar-refractivity contribution in [3.63, 3.8) is 0 Å². The number of thioether (sulfide) groups is 1. The van der Waals surface area contributed by atoms with Crippen LogP contribution in [0.2, 0.25) is 0 Å². The molecule has 1 aromatic heterocycles.